The van der Waals surface area contributed by atoms with Gasteiger partial charge in [-0.2, -0.15) is 9.97 Å². The van der Waals surface area contributed by atoms with Gasteiger partial charge in [-0.05, 0) is 6.92 Å². The third kappa shape index (κ3) is 3.46. The first-order chi connectivity index (χ1) is 7.15. The summed E-state index contributed by atoms with van der Waals surface area (Å²) in [5.74, 6) is 1.39. The molecule has 15 heavy (non-hydrogen) atoms. The maximum absolute atomic E-state index is 5.01. The van der Waals surface area contributed by atoms with Gasteiger partial charge in [-0.3, -0.25) is 0 Å². The van der Waals surface area contributed by atoms with Crippen molar-refractivity contribution in [2.45, 2.75) is 6.92 Å². The molecule has 0 unspecified atom stereocenters. The highest BCUT2D eigenvalue weighted by Crippen LogP contribution is 2.17. The zero-order valence-corrected chi connectivity index (χ0v) is 9.20. The zero-order valence-electron chi connectivity index (χ0n) is 9.20. The second kappa shape index (κ2) is 5.19. The van der Waals surface area contributed by atoms with E-state index in [1.54, 1.807) is 20.3 Å². The van der Waals surface area contributed by atoms with Crippen LogP contribution in [0.1, 0.15) is 6.92 Å². The molecule has 1 N–H and O–H groups in total. The third-order valence-corrected chi connectivity index (χ3v) is 1.65. The van der Waals surface area contributed by atoms with Crippen LogP contribution in [0.3, 0.4) is 0 Å². The molecule has 0 amide bonds. The van der Waals surface area contributed by atoms with Crippen LogP contribution in [0.2, 0.25) is 0 Å². The lowest BCUT2D eigenvalue weighted by Gasteiger charge is -2.07. The zero-order chi connectivity index (χ0) is 11.3. The molecule has 0 aromatic carbocycles. The van der Waals surface area contributed by atoms with Crippen molar-refractivity contribution >= 4 is 5.95 Å². The summed E-state index contributed by atoms with van der Waals surface area (Å²) in [5, 5.41) is 3.01. The van der Waals surface area contributed by atoms with Crippen LogP contribution >= 0.6 is 0 Å². The number of hydrogen-bond acceptors (Lipinski definition) is 5. The van der Waals surface area contributed by atoms with Crippen molar-refractivity contribution in [2.24, 2.45) is 0 Å². The Morgan fingerprint density at radius 2 is 1.87 bits per heavy atom. The summed E-state index contributed by atoms with van der Waals surface area (Å²) in [6.07, 6.45) is 0. The summed E-state index contributed by atoms with van der Waals surface area (Å²) in [4.78, 5) is 8.21. The molecule has 0 spiro atoms. The molecule has 0 bridgehead atoms. The standard InChI is InChI=1S/C10H15N3O2/c1-7(2)6-11-10-12-8(14-3)5-9(13-10)15-4/h5H,1,6H2,2-4H3,(H,11,12,13). The number of hydrogen-bond donors (Lipinski definition) is 1. The van der Waals surface area contributed by atoms with Crippen LogP contribution in [0.4, 0.5) is 5.95 Å². The summed E-state index contributed by atoms with van der Waals surface area (Å²) in [6, 6.07) is 1.62. The Bertz CT molecular complexity index is 330. The van der Waals surface area contributed by atoms with E-state index in [9.17, 15) is 0 Å². The molecule has 82 valence electrons. The van der Waals surface area contributed by atoms with Crippen molar-refractivity contribution in [3.63, 3.8) is 0 Å². The third-order valence-electron chi connectivity index (χ3n) is 1.65. The fourth-order valence-corrected chi connectivity index (χ4v) is 0.922. The van der Waals surface area contributed by atoms with Crippen LogP contribution in [0.15, 0.2) is 18.2 Å². The summed E-state index contributed by atoms with van der Waals surface area (Å²) in [7, 11) is 3.09. The first kappa shape index (κ1) is 11.3. The smallest absolute Gasteiger partial charge is 0.229 e. The van der Waals surface area contributed by atoms with Gasteiger partial charge < -0.3 is 14.8 Å². The van der Waals surface area contributed by atoms with Gasteiger partial charge in [0.15, 0.2) is 0 Å². The van der Waals surface area contributed by atoms with Gasteiger partial charge in [0.05, 0.1) is 20.3 Å². The van der Waals surface area contributed by atoms with E-state index in [0.717, 1.165) is 5.57 Å². The lowest BCUT2D eigenvalue weighted by atomic mass is 10.3. The molecular weight excluding hydrogens is 194 g/mol. The van der Waals surface area contributed by atoms with Gasteiger partial charge in [0.1, 0.15) is 0 Å². The molecule has 0 atom stereocenters. The minimum Gasteiger partial charge on any atom is -0.481 e. The molecule has 0 saturated heterocycles. The molecule has 1 aromatic rings. The number of rotatable bonds is 5. The molecule has 0 aliphatic carbocycles. The summed E-state index contributed by atoms with van der Waals surface area (Å²) < 4.78 is 10.0. The van der Waals surface area contributed by atoms with Gasteiger partial charge in [-0.25, -0.2) is 0 Å². The molecule has 1 rings (SSSR count). The molecule has 0 aliphatic rings. The molecule has 0 aliphatic heterocycles. The molecule has 1 heterocycles. The predicted molar refractivity (Wildman–Crippen MR) is 58.4 cm³/mol. The Morgan fingerprint density at radius 1 is 1.33 bits per heavy atom. The fraction of sp³-hybridized carbons (Fsp3) is 0.400. The van der Waals surface area contributed by atoms with Crippen LogP contribution in [0.5, 0.6) is 11.8 Å². The van der Waals surface area contributed by atoms with E-state index in [1.807, 2.05) is 6.92 Å². The number of aromatic nitrogens is 2. The molecule has 0 fully saturated rings. The lowest BCUT2D eigenvalue weighted by Crippen LogP contribution is -2.07. The van der Waals surface area contributed by atoms with Gasteiger partial charge in [0, 0.05) is 6.54 Å². The SMILES string of the molecule is C=C(C)CNc1nc(OC)cc(OC)n1. The number of ether oxygens (including phenoxy) is 2. The van der Waals surface area contributed by atoms with E-state index >= 15 is 0 Å². The highest BCUT2D eigenvalue weighted by molar-refractivity contribution is 5.34. The Labute approximate surface area is 89.1 Å². The number of methoxy groups -OCH3 is 2. The largest absolute Gasteiger partial charge is 0.481 e. The monoisotopic (exact) mass is 209 g/mol. The lowest BCUT2D eigenvalue weighted by molar-refractivity contribution is 0.373. The van der Waals surface area contributed by atoms with Crippen LogP contribution in [-0.4, -0.2) is 30.7 Å². The van der Waals surface area contributed by atoms with Crippen molar-refractivity contribution in [3.8, 4) is 11.8 Å². The molecule has 0 saturated carbocycles. The number of nitrogens with zero attached hydrogens (tertiary/aromatic N) is 2. The quantitative estimate of drug-likeness (QED) is 0.744. The Morgan fingerprint density at radius 3 is 2.27 bits per heavy atom. The van der Waals surface area contributed by atoms with E-state index < -0.39 is 0 Å². The van der Waals surface area contributed by atoms with Crippen LogP contribution < -0.4 is 14.8 Å². The maximum atomic E-state index is 5.01. The number of anilines is 1. The van der Waals surface area contributed by atoms with Crippen LogP contribution in [-0.2, 0) is 0 Å². The van der Waals surface area contributed by atoms with Gasteiger partial charge >= 0.3 is 0 Å². The first-order valence-corrected chi connectivity index (χ1v) is 4.51. The van der Waals surface area contributed by atoms with Crippen molar-refractivity contribution in [2.75, 3.05) is 26.1 Å². The minimum atomic E-state index is 0.464. The van der Waals surface area contributed by atoms with Crippen LogP contribution in [0.25, 0.3) is 0 Å². The highest BCUT2D eigenvalue weighted by Gasteiger charge is 2.04. The minimum absolute atomic E-state index is 0.464. The van der Waals surface area contributed by atoms with Gasteiger partial charge in [0.2, 0.25) is 17.7 Å². The highest BCUT2D eigenvalue weighted by atomic mass is 16.5. The summed E-state index contributed by atoms with van der Waals surface area (Å²) >= 11 is 0. The molecule has 0 radical (unpaired) electrons. The topological polar surface area (TPSA) is 56.3 Å². The van der Waals surface area contributed by atoms with E-state index in [-0.39, 0.29) is 0 Å². The van der Waals surface area contributed by atoms with Gasteiger partial charge in [-0.15, -0.1) is 0 Å². The summed E-state index contributed by atoms with van der Waals surface area (Å²) in [5.41, 5.74) is 1.00. The van der Waals surface area contributed by atoms with E-state index in [1.165, 1.54) is 0 Å². The maximum Gasteiger partial charge on any atom is 0.229 e. The predicted octanol–water partition coefficient (Wildman–Crippen LogP) is 1.48. The molecule has 5 nitrogen and oxygen atoms in total. The van der Waals surface area contributed by atoms with Gasteiger partial charge in [-0.1, -0.05) is 12.2 Å². The second-order valence-corrected chi connectivity index (χ2v) is 3.09. The average molecular weight is 209 g/mol. The Kier molecular flexibility index (Phi) is 3.91. The second-order valence-electron chi connectivity index (χ2n) is 3.09. The van der Waals surface area contributed by atoms with Crippen molar-refractivity contribution in [3.05, 3.63) is 18.2 Å². The van der Waals surface area contributed by atoms with Crippen LogP contribution in [0, 0.1) is 0 Å². The molecule has 1 aromatic heterocycles. The van der Waals surface area contributed by atoms with E-state index in [4.69, 9.17) is 9.47 Å². The van der Waals surface area contributed by atoms with E-state index in [2.05, 4.69) is 21.9 Å². The first-order valence-electron chi connectivity index (χ1n) is 4.51. The van der Waals surface area contributed by atoms with E-state index in [0.29, 0.717) is 24.3 Å². The average Bonchev–Trinajstić information content (AvgIpc) is 2.25. The summed E-state index contributed by atoms with van der Waals surface area (Å²) in [6.45, 7) is 6.32. The van der Waals surface area contributed by atoms with Crippen molar-refractivity contribution in [1.29, 1.82) is 0 Å². The van der Waals surface area contributed by atoms with Crippen molar-refractivity contribution in [1.82, 2.24) is 9.97 Å². The fourth-order valence-electron chi connectivity index (χ4n) is 0.922. The Hall–Kier alpha value is -1.78. The number of nitrogens with one attached hydrogen (secondary N) is 1. The Balaban J connectivity index is 2.81. The normalized spacial score (nSPS) is 9.53. The van der Waals surface area contributed by atoms with Crippen molar-refractivity contribution < 1.29 is 9.47 Å². The molecular formula is C10H15N3O2. The molecule has 5 heteroatoms. The van der Waals surface area contributed by atoms with Gasteiger partial charge in [0.25, 0.3) is 0 Å².